The molecule has 0 aliphatic rings. The van der Waals surface area contributed by atoms with Gasteiger partial charge in [-0.1, -0.05) is 5.21 Å². The first-order valence-corrected chi connectivity index (χ1v) is 9.35. The summed E-state index contributed by atoms with van der Waals surface area (Å²) in [6.07, 6.45) is 1.42. The molecule has 170 valence electrons. The lowest BCUT2D eigenvalue weighted by molar-refractivity contribution is -0.873. The van der Waals surface area contributed by atoms with E-state index in [4.69, 9.17) is 19.9 Å². The zero-order chi connectivity index (χ0) is 23.3. The van der Waals surface area contributed by atoms with Gasteiger partial charge in [-0.2, -0.15) is 9.78 Å². The van der Waals surface area contributed by atoms with Crippen LogP contribution in [-0.2, 0) is 6.54 Å². The maximum Gasteiger partial charge on any atom is 0.294 e. The minimum atomic E-state index is -0.571. The summed E-state index contributed by atoms with van der Waals surface area (Å²) >= 11 is 0. The van der Waals surface area contributed by atoms with E-state index >= 15 is 0 Å². The molecule has 0 fully saturated rings. The summed E-state index contributed by atoms with van der Waals surface area (Å²) in [4.78, 5) is 13.8. The lowest BCUT2D eigenvalue weighted by Gasteiger charge is -2.13. The Hall–Kier alpha value is -4.20. The summed E-state index contributed by atoms with van der Waals surface area (Å²) in [6, 6.07) is 3.41. The number of hydrogen-bond acceptors (Lipinski definition) is 11. The van der Waals surface area contributed by atoms with Crippen molar-refractivity contribution in [2.45, 2.75) is 6.54 Å². The third kappa shape index (κ3) is 4.44. The number of carbonyl (C=O) groups excluding carboxylic acids is 1. The van der Waals surface area contributed by atoms with E-state index in [1.807, 2.05) is 14.1 Å². The molecule has 14 nitrogen and oxygen atoms in total. The second-order valence-corrected chi connectivity index (χ2v) is 6.78. The first kappa shape index (κ1) is 22.5. The normalized spacial score (nSPS) is 11.2. The van der Waals surface area contributed by atoms with E-state index in [9.17, 15) is 4.79 Å². The van der Waals surface area contributed by atoms with Crippen molar-refractivity contribution in [3.63, 3.8) is 0 Å². The van der Waals surface area contributed by atoms with Gasteiger partial charge in [-0.05, 0) is 22.4 Å². The van der Waals surface area contributed by atoms with Crippen LogP contribution in [0, 0.1) is 0 Å². The van der Waals surface area contributed by atoms with Gasteiger partial charge in [0, 0.05) is 5.56 Å². The maximum atomic E-state index is 12.8. The molecular formula is C18H24N9O5+. The fourth-order valence-electron chi connectivity index (χ4n) is 2.92. The number of anilines is 1. The number of quaternary nitrogens is 1. The van der Waals surface area contributed by atoms with Crippen LogP contribution in [0.5, 0.6) is 17.2 Å². The van der Waals surface area contributed by atoms with Crippen molar-refractivity contribution < 1.29 is 28.5 Å². The molecule has 3 rings (SSSR count). The van der Waals surface area contributed by atoms with E-state index < -0.39 is 5.91 Å². The monoisotopic (exact) mass is 446 g/mol. The first-order chi connectivity index (χ1) is 15.4. The molecule has 32 heavy (non-hydrogen) atoms. The molecule has 0 radical (unpaired) electrons. The van der Waals surface area contributed by atoms with Gasteiger partial charge in [-0.15, -0.1) is 5.10 Å². The highest BCUT2D eigenvalue weighted by Crippen LogP contribution is 2.38. The van der Waals surface area contributed by atoms with Crippen molar-refractivity contribution >= 4 is 17.9 Å². The number of benzene rings is 1. The van der Waals surface area contributed by atoms with Gasteiger partial charge in [-0.25, -0.2) is 10.1 Å². The van der Waals surface area contributed by atoms with Crippen molar-refractivity contribution in [1.82, 2.24) is 30.7 Å². The fraction of sp³-hybridized carbons (Fsp3) is 0.333. The quantitative estimate of drug-likeness (QED) is 0.264. The highest BCUT2D eigenvalue weighted by Gasteiger charge is 2.25. The Bertz CT molecular complexity index is 1120. The van der Waals surface area contributed by atoms with Crippen LogP contribution in [0.25, 0.3) is 5.82 Å². The predicted molar refractivity (Wildman–Crippen MR) is 111 cm³/mol. The molecular weight excluding hydrogens is 422 g/mol. The van der Waals surface area contributed by atoms with Gasteiger partial charge in [0.25, 0.3) is 5.91 Å². The number of rotatable bonds is 9. The van der Waals surface area contributed by atoms with E-state index in [1.165, 1.54) is 32.2 Å². The first-order valence-electron chi connectivity index (χ1n) is 9.35. The Morgan fingerprint density at radius 2 is 1.97 bits per heavy atom. The molecule has 0 saturated heterocycles. The van der Waals surface area contributed by atoms with Crippen LogP contribution in [0.3, 0.4) is 0 Å². The largest absolute Gasteiger partial charge is 0.493 e. The van der Waals surface area contributed by atoms with Crippen molar-refractivity contribution in [3.8, 4) is 23.1 Å². The smallest absolute Gasteiger partial charge is 0.294 e. The maximum absolute atomic E-state index is 12.8. The number of nitrogens with one attached hydrogen (secondary N) is 2. The summed E-state index contributed by atoms with van der Waals surface area (Å²) in [5.41, 5.74) is 9.28. The minimum absolute atomic E-state index is 0.0235. The lowest BCUT2D eigenvalue weighted by atomic mass is 10.2. The van der Waals surface area contributed by atoms with Crippen LogP contribution in [-0.4, -0.2) is 72.9 Å². The van der Waals surface area contributed by atoms with Gasteiger partial charge in [0.05, 0.1) is 41.6 Å². The average Bonchev–Trinajstić information content (AvgIpc) is 3.38. The van der Waals surface area contributed by atoms with Gasteiger partial charge in [0.2, 0.25) is 17.4 Å². The van der Waals surface area contributed by atoms with Crippen molar-refractivity contribution in [3.05, 3.63) is 29.1 Å². The van der Waals surface area contributed by atoms with Crippen LogP contribution in [0.15, 0.2) is 21.9 Å². The Kier molecular flexibility index (Phi) is 6.84. The summed E-state index contributed by atoms with van der Waals surface area (Å²) in [7, 11) is 8.33. The third-order valence-electron chi connectivity index (χ3n) is 4.30. The zero-order valence-corrected chi connectivity index (χ0v) is 18.2. The molecule has 4 N–H and O–H groups in total. The Balaban J connectivity index is 1.86. The van der Waals surface area contributed by atoms with Crippen LogP contribution >= 0.6 is 0 Å². The molecule has 3 aromatic rings. The Labute approximate surface area is 182 Å². The van der Waals surface area contributed by atoms with Gasteiger partial charge in [0.15, 0.2) is 17.2 Å². The molecule has 1 aromatic carbocycles. The standard InChI is InChI=1S/C18H23N9O5/c1-26(2)9-11-13(21-25-27(11)17-16(19)23-32-24-17)18(28)22-20-8-10-6-7-12(29-3)15(31-5)14(10)30-4/h6-8H,9H2,1-5H3,(H2,19,23)(H,22,28)/p+1/b20-8-. The Morgan fingerprint density at radius 1 is 1.22 bits per heavy atom. The number of nitrogens with two attached hydrogens (primary N) is 1. The number of hydrazone groups is 1. The molecule has 14 heteroatoms. The summed E-state index contributed by atoms with van der Waals surface area (Å²) in [6.45, 7) is 0.398. The van der Waals surface area contributed by atoms with E-state index in [1.54, 1.807) is 12.1 Å². The number of nitrogens with zero attached hydrogens (tertiary/aromatic N) is 6. The predicted octanol–water partition coefficient (Wildman–Crippen LogP) is -1.33. The minimum Gasteiger partial charge on any atom is -0.493 e. The topological polar surface area (TPSA) is 169 Å². The number of hydrogen-bond donors (Lipinski definition) is 3. The van der Waals surface area contributed by atoms with E-state index in [0.717, 1.165) is 4.90 Å². The SMILES string of the molecule is COc1ccc(/C=N\NC(=O)c2nnn(-c3nonc3N)c2C[NH+](C)C)c(OC)c1OC. The van der Waals surface area contributed by atoms with Gasteiger partial charge in [-0.3, -0.25) is 4.79 Å². The molecule has 0 bridgehead atoms. The number of aromatic nitrogens is 5. The summed E-state index contributed by atoms with van der Waals surface area (Å²) in [5, 5.41) is 19.2. The number of amides is 1. The molecule has 0 aliphatic heterocycles. The molecule has 2 heterocycles. The molecule has 0 aliphatic carbocycles. The third-order valence-corrected chi connectivity index (χ3v) is 4.30. The van der Waals surface area contributed by atoms with Gasteiger partial charge >= 0.3 is 0 Å². The average molecular weight is 446 g/mol. The lowest BCUT2D eigenvalue weighted by Crippen LogP contribution is -3.04. The van der Waals surface area contributed by atoms with E-state index in [-0.39, 0.29) is 17.3 Å². The molecule has 0 spiro atoms. The van der Waals surface area contributed by atoms with Gasteiger partial charge < -0.3 is 24.8 Å². The Morgan fingerprint density at radius 3 is 2.56 bits per heavy atom. The highest BCUT2D eigenvalue weighted by molar-refractivity contribution is 5.94. The van der Waals surface area contributed by atoms with E-state index in [2.05, 4.69) is 35.8 Å². The fourth-order valence-corrected chi connectivity index (χ4v) is 2.92. The second-order valence-electron chi connectivity index (χ2n) is 6.78. The summed E-state index contributed by atoms with van der Waals surface area (Å²) < 4.78 is 21.9. The molecule has 0 unspecified atom stereocenters. The number of nitrogen functional groups attached to an aromatic ring is 1. The van der Waals surface area contributed by atoms with Crippen LogP contribution in [0.4, 0.5) is 5.82 Å². The molecule has 2 aromatic heterocycles. The number of carbonyl (C=O) groups is 1. The number of methoxy groups -OCH3 is 3. The second kappa shape index (κ2) is 9.74. The molecule has 0 atom stereocenters. The molecule has 1 amide bonds. The van der Waals surface area contributed by atoms with Crippen molar-refractivity contribution in [2.24, 2.45) is 5.10 Å². The van der Waals surface area contributed by atoms with Gasteiger partial charge in [0.1, 0.15) is 12.2 Å². The van der Waals surface area contributed by atoms with Crippen LogP contribution < -0.4 is 30.3 Å². The van der Waals surface area contributed by atoms with Crippen molar-refractivity contribution in [2.75, 3.05) is 41.2 Å². The van der Waals surface area contributed by atoms with Crippen molar-refractivity contribution in [1.29, 1.82) is 0 Å². The van der Waals surface area contributed by atoms with Crippen LogP contribution in [0.2, 0.25) is 0 Å². The summed E-state index contributed by atoms with van der Waals surface area (Å²) in [5.74, 6) is 0.907. The van der Waals surface area contributed by atoms with E-state index in [0.29, 0.717) is 35.1 Å². The zero-order valence-electron chi connectivity index (χ0n) is 18.2. The number of ether oxygens (including phenoxy) is 3. The molecule has 0 saturated carbocycles. The highest BCUT2D eigenvalue weighted by atomic mass is 16.6. The van der Waals surface area contributed by atoms with Crippen LogP contribution in [0.1, 0.15) is 21.7 Å².